The number of nitrogens with zero attached hydrogens (tertiary/aromatic N) is 2. The summed E-state index contributed by atoms with van der Waals surface area (Å²) in [6, 6.07) is 11.7. The molecule has 2 heterocycles. The summed E-state index contributed by atoms with van der Waals surface area (Å²) in [6.07, 6.45) is 1.11. The van der Waals surface area contributed by atoms with Crippen LogP contribution in [0, 0.1) is 5.82 Å². The van der Waals surface area contributed by atoms with Crippen LogP contribution in [-0.4, -0.2) is 59.1 Å². The van der Waals surface area contributed by atoms with E-state index in [0.29, 0.717) is 42.6 Å². The lowest BCUT2D eigenvalue weighted by Crippen LogP contribution is -2.49. The number of likely N-dealkylation sites (tertiary alicyclic amines) is 1. The van der Waals surface area contributed by atoms with E-state index < -0.39 is 17.6 Å². The highest BCUT2D eigenvalue weighted by atomic mass is 19.1. The standard InChI is InChI=1S/C22H20FN3O4/c23-15-7-5-14(6-8-15)20(28)24-16-9-11-25(12-10-16)19(27)13-26-21(29)17-3-1-2-4-18(17)22(26)30/h1-8,16H,9-13H2,(H,24,28). The number of carbonyl (C=O) groups excluding carboxylic acids is 4. The summed E-state index contributed by atoms with van der Waals surface area (Å²) >= 11 is 0. The van der Waals surface area contributed by atoms with Gasteiger partial charge in [-0.2, -0.15) is 0 Å². The van der Waals surface area contributed by atoms with Crippen LogP contribution in [0.2, 0.25) is 0 Å². The van der Waals surface area contributed by atoms with Crippen molar-refractivity contribution in [2.24, 2.45) is 0 Å². The molecule has 30 heavy (non-hydrogen) atoms. The third-order valence-corrected chi connectivity index (χ3v) is 5.46. The smallest absolute Gasteiger partial charge is 0.262 e. The zero-order valence-electron chi connectivity index (χ0n) is 16.1. The molecule has 7 nitrogen and oxygen atoms in total. The second-order valence-corrected chi connectivity index (χ2v) is 7.38. The summed E-state index contributed by atoms with van der Waals surface area (Å²) < 4.78 is 13.0. The first-order chi connectivity index (χ1) is 14.4. The van der Waals surface area contributed by atoms with Gasteiger partial charge in [0.1, 0.15) is 12.4 Å². The van der Waals surface area contributed by atoms with E-state index in [1.165, 1.54) is 24.3 Å². The largest absolute Gasteiger partial charge is 0.349 e. The van der Waals surface area contributed by atoms with Crippen molar-refractivity contribution in [2.75, 3.05) is 19.6 Å². The molecule has 1 saturated heterocycles. The zero-order valence-corrected chi connectivity index (χ0v) is 16.1. The van der Waals surface area contributed by atoms with E-state index in [9.17, 15) is 23.6 Å². The molecule has 1 fully saturated rings. The molecular formula is C22H20FN3O4. The number of benzene rings is 2. The van der Waals surface area contributed by atoms with Crippen LogP contribution in [0.4, 0.5) is 4.39 Å². The van der Waals surface area contributed by atoms with Crippen LogP contribution in [0.15, 0.2) is 48.5 Å². The highest BCUT2D eigenvalue weighted by Gasteiger charge is 2.37. The van der Waals surface area contributed by atoms with E-state index in [0.717, 1.165) is 4.90 Å². The van der Waals surface area contributed by atoms with Gasteiger partial charge >= 0.3 is 0 Å². The van der Waals surface area contributed by atoms with Gasteiger partial charge < -0.3 is 10.2 Å². The summed E-state index contributed by atoms with van der Waals surface area (Å²) in [6.45, 7) is 0.533. The molecule has 8 heteroatoms. The first-order valence-corrected chi connectivity index (χ1v) is 9.73. The molecular weight excluding hydrogens is 389 g/mol. The maximum atomic E-state index is 13.0. The van der Waals surface area contributed by atoms with Gasteiger partial charge in [0, 0.05) is 24.7 Å². The highest BCUT2D eigenvalue weighted by molar-refractivity contribution is 6.22. The molecule has 2 aromatic carbocycles. The van der Waals surface area contributed by atoms with Crippen molar-refractivity contribution in [2.45, 2.75) is 18.9 Å². The lowest BCUT2D eigenvalue weighted by atomic mass is 10.0. The van der Waals surface area contributed by atoms with Crippen molar-refractivity contribution < 1.29 is 23.6 Å². The van der Waals surface area contributed by atoms with Crippen LogP contribution < -0.4 is 5.32 Å². The monoisotopic (exact) mass is 409 g/mol. The number of hydrogen-bond donors (Lipinski definition) is 1. The summed E-state index contributed by atoms with van der Waals surface area (Å²) in [5.41, 5.74) is 1.01. The number of imide groups is 1. The minimum absolute atomic E-state index is 0.106. The fourth-order valence-electron chi connectivity index (χ4n) is 3.76. The van der Waals surface area contributed by atoms with Crippen molar-refractivity contribution in [3.05, 3.63) is 71.0 Å². The van der Waals surface area contributed by atoms with Crippen LogP contribution in [-0.2, 0) is 4.79 Å². The Kier molecular flexibility index (Phi) is 5.31. The second kappa shape index (κ2) is 8.06. The number of piperidine rings is 1. The van der Waals surface area contributed by atoms with Gasteiger partial charge in [-0.15, -0.1) is 0 Å². The number of carbonyl (C=O) groups is 4. The van der Waals surface area contributed by atoms with Crippen molar-refractivity contribution in [3.63, 3.8) is 0 Å². The Morgan fingerprint density at radius 3 is 2.07 bits per heavy atom. The van der Waals surface area contributed by atoms with Gasteiger partial charge in [0.05, 0.1) is 11.1 Å². The Balaban J connectivity index is 1.30. The maximum absolute atomic E-state index is 13.0. The van der Waals surface area contributed by atoms with Gasteiger partial charge in [-0.05, 0) is 49.2 Å². The Morgan fingerprint density at radius 1 is 0.933 bits per heavy atom. The van der Waals surface area contributed by atoms with Gasteiger partial charge in [0.15, 0.2) is 0 Å². The molecule has 0 saturated carbocycles. The van der Waals surface area contributed by atoms with Gasteiger partial charge in [-0.25, -0.2) is 4.39 Å². The summed E-state index contributed by atoms with van der Waals surface area (Å²) in [7, 11) is 0. The summed E-state index contributed by atoms with van der Waals surface area (Å²) in [5.74, 6) is -1.90. The maximum Gasteiger partial charge on any atom is 0.262 e. The number of nitrogens with one attached hydrogen (secondary N) is 1. The van der Waals surface area contributed by atoms with E-state index >= 15 is 0 Å². The number of hydrogen-bond acceptors (Lipinski definition) is 4. The lowest BCUT2D eigenvalue weighted by molar-refractivity contribution is -0.132. The summed E-state index contributed by atoms with van der Waals surface area (Å²) in [5, 5.41) is 2.90. The van der Waals surface area contributed by atoms with Crippen LogP contribution in [0.1, 0.15) is 43.9 Å². The molecule has 2 aliphatic heterocycles. The van der Waals surface area contributed by atoms with Crippen molar-refractivity contribution >= 4 is 23.6 Å². The molecule has 2 aromatic rings. The van der Waals surface area contributed by atoms with E-state index in [1.54, 1.807) is 29.2 Å². The quantitative estimate of drug-likeness (QED) is 0.781. The van der Waals surface area contributed by atoms with Gasteiger partial charge in [0.25, 0.3) is 17.7 Å². The van der Waals surface area contributed by atoms with E-state index in [-0.39, 0.29) is 24.4 Å². The number of halogens is 1. The molecule has 2 aliphatic rings. The predicted molar refractivity (Wildman–Crippen MR) is 105 cm³/mol. The van der Waals surface area contributed by atoms with Crippen molar-refractivity contribution in [3.8, 4) is 0 Å². The SMILES string of the molecule is O=C(NC1CCN(C(=O)CN2C(=O)c3ccccc3C2=O)CC1)c1ccc(F)cc1. The predicted octanol–water partition coefficient (Wildman–Crippen LogP) is 1.84. The van der Waals surface area contributed by atoms with Crippen LogP contribution in [0.5, 0.6) is 0 Å². The molecule has 0 atom stereocenters. The first-order valence-electron chi connectivity index (χ1n) is 9.73. The molecule has 0 aliphatic carbocycles. The number of rotatable bonds is 4. The molecule has 0 radical (unpaired) electrons. The van der Waals surface area contributed by atoms with E-state index in [4.69, 9.17) is 0 Å². The number of fused-ring (bicyclic) bond motifs is 1. The molecule has 0 bridgehead atoms. The van der Waals surface area contributed by atoms with Crippen LogP contribution >= 0.6 is 0 Å². The van der Waals surface area contributed by atoms with Gasteiger partial charge in [-0.3, -0.25) is 24.1 Å². The Labute approximate surface area is 172 Å². The second-order valence-electron chi connectivity index (χ2n) is 7.38. The topological polar surface area (TPSA) is 86.8 Å². The summed E-state index contributed by atoms with van der Waals surface area (Å²) in [4.78, 5) is 52.3. The van der Waals surface area contributed by atoms with Gasteiger partial charge in [-0.1, -0.05) is 12.1 Å². The minimum Gasteiger partial charge on any atom is -0.349 e. The lowest BCUT2D eigenvalue weighted by Gasteiger charge is -2.33. The van der Waals surface area contributed by atoms with Crippen molar-refractivity contribution in [1.29, 1.82) is 0 Å². The Bertz CT molecular complexity index is 978. The average molecular weight is 409 g/mol. The van der Waals surface area contributed by atoms with Gasteiger partial charge in [0.2, 0.25) is 5.91 Å². The van der Waals surface area contributed by atoms with Crippen molar-refractivity contribution in [1.82, 2.24) is 15.1 Å². The Hall–Kier alpha value is -3.55. The number of amides is 4. The van der Waals surface area contributed by atoms with E-state index in [1.807, 2.05) is 0 Å². The third kappa shape index (κ3) is 3.80. The average Bonchev–Trinajstić information content (AvgIpc) is 3.00. The fraction of sp³-hybridized carbons (Fsp3) is 0.273. The molecule has 4 amide bonds. The van der Waals surface area contributed by atoms with E-state index in [2.05, 4.69) is 5.32 Å². The van der Waals surface area contributed by atoms with Crippen LogP contribution in [0.25, 0.3) is 0 Å². The minimum atomic E-state index is -0.453. The first kappa shape index (κ1) is 19.8. The fourth-order valence-corrected chi connectivity index (χ4v) is 3.76. The molecule has 1 N–H and O–H groups in total. The normalized spacial score (nSPS) is 16.6. The molecule has 4 rings (SSSR count). The Morgan fingerprint density at radius 2 is 1.50 bits per heavy atom. The molecule has 0 spiro atoms. The zero-order chi connectivity index (χ0) is 21.3. The van der Waals surface area contributed by atoms with Crippen LogP contribution in [0.3, 0.4) is 0 Å². The molecule has 154 valence electrons. The third-order valence-electron chi connectivity index (χ3n) is 5.46. The molecule has 0 aromatic heterocycles. The highest BCUT2D eigenvalue weighted by Crippen LogP contribution is 2.22. The molecule has 0 unspecified atom stereocenters.